The maximum absolute atomic E-state index is 12.7. The third-order valence-electron chi connectivity index (χ3n) is 4.48. The Kier molecular flexibility index (Phi) is 6.40. The normalized spacial score (nSPS) is 21.0. The van der Waals surface area contributed by atoms with E-state index in [0.717, 1.165) is 21.4 Å². The number of nitrogens with two attached hydrogens (primary N) is 1. The lowest BCUT2D eigenvalue weighted by atomic mass is 10.0. The largest absolute Gasteiger partial charge is 0.477 e. The molecule has 0 radical (unpaired) electrons. The van der Waals surface area contributed by atoms with Crippen LogP contribution in [0.4, 0.5) is 5.13 Å². The SMILES string of the molecule is Cc1nnc(SCC2=C(C(=O)O)N3C(=O)C(NC(=O)C(N=O)c4nsc(N)n4)[C@@H]3SC2)s1. The molecular weight excluding hydrogens is 500 g/mol. The highest BCUT2D eigenvalue weighted by Crippen LogP contribution is 2.42. The van der Waals surface area contributed by atoms with E-state index in [1.165, 1.54) is 34.9 Å². The summed E-state index contributed by atoms with van der Waals surface area (Å²) in [6, 6.07) is -2.56. The van der Waals surface area contributed by atoms with Crippen LogP contribution in [-0.4, -0.2) is 70.3 Å². The molecule has 2 aromatic rings. The van der Waals surface area contributed by atoms with E-state index in [1.54, 1.807) is 0 Å². The molecule has 0 aromatic carbocycles. The first kappa shape index (κ1) is 22.6. The number of carbonyl (C=O) groups is 3. The lowest BCUT2D eigenvalue weighted by Crippen LogP contribution is -2.70. The monoisotopic (exact) mass is 514 g/mol. The number of carbonyl (C=O) groups excluding carboxylic acids is 2. The number of carboxylic acid groups (broad SMARTS) is 1. The number of nitrogen functional groups attached to an aromatic ring is 1. The number of aromatic nitrogens is 4. The number of carboxylic acids is 1. The maximum Gasteiger partial charge on any atom is 0.352 e. The molecule has 1 fully saturated rings. The predicted molar refractivity (Wildman–Crippen MR) is 118 cm³/mol. The van der Waals surface area contributed by atoms with Crippen LogP contribution in [0, 0.1) is 11.8 Å². The van der Waals surface area contributed by atoms with Crippen LogP contribution >= 0.6 is 46.4 Å². The van der Waals surface area contributed by atoms with Gasteiger partial charge in [-0.3, -0.25) is 14.5 Å². The standard InChI is InChI=1S/C15H14N8O5S4/c1-4-19-20-15(31-4)30-3-5-2-29-12-7(11(25)23(12)8(5)13(26)27)17-10(24)6(21-28)9-18-14(16)32-22-9/h6-7,12H,2-3H2,1H3,(H,17,24)(H,26,27)(H2,16,18,22)/t6?,7?,12-/m0/s1. The summed E-state index contributed by atoms with van der Waals surface area (Å²) in [6.45, 7) is 1.82. The van der Waals surface area contributed by atoms with E-state index in [9.17, 15) is 24.4 Å². The molecule has 4 heterocycles. The van der Waals surface area contributed by atoms with Crippen molar-refractivity contribution < 1.29 is 19.5 Å². The summed E-state index contributed by atoms with van der Waals surface area (Å²) in [7, 11) is 0. The number of aryl methyl sites for hydroxylation is 1. The van der Waals surface area contributed by atoms with Gasteiger partial charge in [0.15, 0.2) is 15.3 Å². The Hall–Kier alpha value is -2.63. The zero-order valence-corrected chi connectivity index (χ0v) is 19.4. The number of nitrogens with one attached hydrogen (secondary N) is 1. The molecule has 0 aliphatic carbocycles. The molecule has 32 heavy (non-hydrogen) atoms. The summed E-state index contributed by atoms with van der Waals surface area (Å²) in [6.07, 6.45) is 0. The maximum atomic E-state index is 12.7. The highest BCUT2D eigenvalue weighted by Gasteiger charge is 2.54. The van der Waals surface area contributed by atoms with Crippen LogP contribution in [0.5, 0.6) is 0 Å². The molecule has 3 atom stereocenters. The van der Waals surface area contributed by atoms with Gasteiger partial charge in [0.05, 0.1) is 0 Å². The zero-order chi connectivity index (χ0) is 23.0. The number of nitrogens with zero attached hydrogens (tertiary/aromatic N) is 6. The molecule has 2 aliphatic rings. The summed E-state index contributed by atoms with van der Waals surface area (Å²) in [5.74, 6) is -2.13. The van der Waals surface area contributed by atoms with Gasteiger partial charge in [0.2, 0.25) is 6.04 Å². The van der Waals surface area contributed by atoms with Crippen LogP contribution in [0.3, 0.4) is 0 Å². The lowest BCUT2D eigenvalue weighted by Gasteiger charge is -2.49. The molecule has 2 aliphatic heterocycles. The van der Waals surface area contributed by atoms with Crippen LogP contribution in [0.2, 0.25) is 0 Å². The minimum atomic E-state index is -1.56. The Morgan fingerprint density at radius 1 is 1.44 bits per heavy atom. The van der Waals surface area contributed by atoms with Crippen molar-refractivity contribution in [1.82, 2.24) is 29.8 Å². The van der Waals surface area contributed by atoms with E-state index >= 15 is 0 Å². The molecule has 168 valence electrons. The van der Waals surface area contributed by atoms with Crippen molar-refractivity contribution in [3.8, 4) is 0 Å². The van der Waals surface area contributed by atoms with E-state index in [-0.39, 0.29) is 16.7 Å². The van der Waals surface area contributed by atoms with Crippen LogP contribution in [-0.2, 0) is 14.4 Å². The van der Waals surface area contributed by atoms with Crippen molar-refractivity contribution in [1.29, 1.82) is 0 Å². The van der Waals surface area contributed by atoms with Crippen molar-refractivity contribution in [2.24, 2.45) is 5.18 Å². The lowest BCUT2D eigenvalue weighted by molar-refractivity contribution is -0.150. The van der Waals surface area contributed by atoms with Gasteiger partial charge < -0.3 is 16.2 Å². The quantitative estimate of drug-likeness (QED) is 0.253. The average molecular weight is 515 g/mol. The Balaban J connectivity index is 1.47. The van der Waals surface area contributed by atoms with E-state index in [0.29, 0.717) is 21.4 Å². The third-order valence-corrected chi connectivity index (χ3v) is 8.44. The second kappa shape index (κ2) is 9.08. The molecule has 0 bridgehead atoms. The van der Waals surface area contributed by atoms with Gasteiger partial charge in [0, 0.05) is 23.0 Å². The van der Waals surface area contributed by atoms with Crippen molar-refractivity contribution in [2.45, 2.75) is 28.7 Å². The Bertz CT molecular complexity index is 1130. The molecule has 1 saturated heterocycles. The van der Waals surface area contributed by atoms with Gasteiger partial charge >= 0.3 is 5.97 Å². The zero-order valence-electron chi connectivity index (χ0n) is 16.1. The van der Waals surface area contributed by atoms with E-state index < -0.39 is 35.2 Å². The van der Waals surface area contributed by atoms with Crippen molar-refractivity contribution >= 4 is 69.3 Å². The number of anilines is 1. The number of rotatable bonds is 8. The molecule has 2 amide bonds. The Morgan fingerprint density at radius 2 is 2.22 bits per heavy atom. The smallest absolute Gasteiger partial charge is 0.352 e. The summed E-state index contributed by atoms with van der Waals surface area (Å²) in [4.78, 5) is 53.3. The molecule has 13 nitrogen and oxygen atoms in total. The number of hydrogen-bond acceptors (Lipinski definition) is 14. The Labute approximate surface area is 196 Å². The minimum Gasteiger partial charge on any atom is -0.477 e. The molecule has 17 heteroatoms. The number of aliphatic carboxylic acids is 1. The summed E-state index contributed by atoms with van der Waals surface area (Å²) >= 11 is 4.87. The number of amides is 2. The fourth-order valence-corrected chi connectivity index (χ4v) is 6.85. The van der Waals surface area contributed by atoms with E-state index in [1.807, 2.05) is 6.92 Å². The molecule has 4 N–H and O–H groups in total. The summed E-state index contributed by atoms with van der Waals surface area (Å²) in [5, 5.41) is 23.1. The molecule has 2 aromatic heterocycles. The number of β-lactam (4-membered cyclic amide) rings is 1. The van der Waals surface area contributed by atoms with Crippen LogP contribution < -0.4 is 11.1 Å². The molecule has 4 rings (SSSR count). The second-order valence-electron chi connectivity index (χ2n) is 6.53. The summed E-state index contributed by atoms with van der Waals surface area (Å²) in [5.41, 5.74) is 5.95. The van der Waals surface area contributed by atoms with E-state index in [2.05, 4.69) is 30.0 Å². The fraction of sp³-hybridized carbons (Fsp3) is 0.400. The van der Waals surface area contributed by atoms with Gasteiger partial charge in [-0.2, -0.15) is 4.37 Å². The molecule has 0 saturated carbocycles. The van der Waals surface area contributed by atoms with Gasteiger partial charge in [0.1, 0.15) is 22.1 Å². The first-order valence-electron chi connectivity index (χ1n) is 8.85. The minimum absolute atomic E-state index is 0.0699. The molecular formula is C15H14N8O5S4. The van der Waals surface area contributed by atoms with Gasteiger partial charge in [-0.25, -0.2) is 9.78 Å². The van der Waals surface area contributed by atoms with Crippen molar-refractivity contribution in [3.63, 3.8) is 0 Å². The van der Waals surface area contributed by atoms with Gasteiger partial charge in [-0.05, 0) is 17.7 Å². The first-order valence-corrected chi connectivity index (χ1v) is 12.5. The first-order chi connectivity index (χ1) is 15.3. The average Bonchev–Trinajstić information content (AvgIpc) is 3.38. The van der Waals surface area contributed by atoms with Crippen molar-refractivity contribution in [3.05, 3.63) is 27.0 Å². The topological polar surface area (TPSA) is 194 Å². The number of fused-ring (bicyclic) bond motifs is 1. The highest BCUT2D eigenvalue weighted by molar-refractivity contribution is 8.01. The second-order valence-corrected chi connectivity index (χ2v) is 10.8. The predicted octanol–water partition coefficient (Wildman–Crippen LogP) is 0.619. The van der Waals surface area contributed by atoms with Gasteiger partial charge in [-0.15, -0.1) is 26.9 Å². The number of hydrogen-bond donors (Lipinski definition) is 3. The number of thioether (sulfide) groups is 2. The van der Waals surface area contributed by atoms with E-state index in [4.69, 9.17) is 5.73 Å². The molecule has 0 spiro atoms. The Morgan fingerprint density at radius 3 is 2.81 bits per heavy atom. The van der Waals surface area contributed by atoms with Crippen LogP contribution in [0.25, 0.3) is 0 Å². The molecule has 2 unspecified atom stereocenters. The highest BCUT2D eigenvalue weighted by atomic mass is 32.2. The van der Waals surface area contributed by atoms with Crippen LogP contribution in [0.1, 0.15) is 16.9 Å². The van der Waals surface area contributed by atoms with Gasteiger partial charge in [-0.1, -0.05) is 23.1 Å². The van der Waals surface area contributed by atoms with Gasteiger partial charge in [0.25, 0.3) is 11.8 Å². The van der Waals surface area contributed by atoms with Crippen LogP contribution in [0.15, 0.2) is 20.8 Å². The fourth-order valence-electron chi connectivity index (χ4n) is 3.08. The summed E-state index contributed by atoms with van der Waals surface area (Å²) < 4.78 is 4.51. The third kappa shape index (κ3) is 4.19. The van der Waals surface area contributed by atoms with Crippen molar-refractivity contribution in [2.75, 3.05) is 17.2 Å². The number of nitroso groups, excluding NO2 is 1.